The van der Waals surface area contributed by atoms with Gasteiger partial charge in [0.15, 0.2) is 0 Å². The molecule has 9 heteroatoms. The van der Waals surface area contributed by atoms with E-state index in [1.807, 2.05) is 0 Å². The second-order valence-electron chi connectivity index (χ2n) is 5.99. The molecule has 144 valence electrons. The van der Waals surface area contributed by atoms with Crippen molar-refractivity contribution in [3.63, 3.8) is 0 Å². The highest BCUT2D eigenvalue weighted by atomic mass is 35.5. The number of aromatic nitrogens is 1. The zero-order valence-electron chi connectivity index (χ0n) is 14.7. The van der Waals surface area contributed by atoms with Crippen LogP contribution in [0, 0.1) is 6.92 Å². The van der Waals surface area contributed by atoms with E-state index in [2.05, 4.69) is 15.0 Å². The van der Waals surface area contributed by atoms with Crippen molar-refractivity contribution in [2.24, 2.45) is 0 Å². The zero-order chi connectivity index (χ0) is 20.3. The van der Waals surface area contributed by atoms with Gasteiger partial charge in [-0.15, -0.1) is 0 Å². The molecule has 7 nitrogen and oxygen atoms in total. The van der Waals surface area contributed by atoms with Crippen LogP contribution in [0.2, 0.25) is 5.02 Å². The second kappa shape index (κ2) is 7.87. The summed E-state index contributed by atoms with van der Waals surface area (Å²) in [6.07, 6.45) is 1.28. The molecule has 0 unspecified atom stereocenters. The molecule has 1 amide bonds. The Hall–Kier alpha value is -3.10. The van der Waals surface area contributed by atoms with Crippen molar-refractivity contribution in [1.29, 1.82) is 0 Å². The van der Waals surface area contributed by atoms with Crippen molar-refractivity contribution >= 4 is 38.9 Å². The quantitative estimate of drug-likeness (QED) is 0.591. The highest BCUT2D eigenvalue weighted by molar-refractivity contribution is 7.92. The molecule has 0 saturated heterocycles. The predicted molar refractivity (Wildman–Crippen MR) is 108 cm³/mol. The summed E-state index contributed by atoms with van der Waals surface area (Å²) < 4.78 is 28.0. The molecule has 0 spiro atoms. The Morgan fingerprint density at radius 3 is 2.32 bits per heavy atom. The SMILES string of the molecule is Cc1ccc(NC(=O)c2ccc(=O)[nH]c2)cc1S(=O)(=O)Nc1ccc(Cl)cc1. The Labute approximate surface area is 166 Å². The van der Waals surface area contributed by atoms with E-state index in [4.69, 9.17) is 11.6 Å². The molecule has 0 aliphatic carbocycles. The molecular weight excluding hydrogens is 402 g/mol. The van der Waals surface area contributed by atoms with Crippen molar-refractivity contribution in [1.82, 2.24) is 4.98 Å². The smallest absolute Gasteiger partial charge is 0.262 e. The number of H-pyrrole nitrogens is 1. The molecule has 0 saturated carbocycles. The number of anilines is 2. The van der Waals surface area contributed by atoms with Gasteiger partial charge in [0.1, 0.15) is 0 Å². The highest BCUT2D eigenvalue weighted by Gasteiger charge is 2.18. The average Bonchev–Trinajstić information content (AvgIpc) is 2.65. The van der Waals surface area contributed by atoms with Gasteiger partial charge in [-0.05, 0) is 55.0 Å². The molecule has 0 fully saturated rings. The van der Waals surface area contributed by atoms with Crippen molar-refractivity contribution in [3.05, 3.63) is 87.3 Å². The van der Waals surface area contributed by atoms with Crippen molar-refractivity contribution in [2.45, 2.75) is 11.8 Å². The maximum absolute atomic E-state index is 12.8. The second-order valence-corrected chi connectivity index (χ2v) is 8.08. The first kappa shape index (κ1) is 19.7. The molecule has 0 aliphatic heterocycles. The van der Waals surface area contributed by atoms with Crippen LogP contribution >= 0.6 is 11.6 Å². The Morgan fingerprint density at radius 1 is 1.00 bits per heavy atom. The van der Waals surface area contributed by atoms with Crippen LogP contribution in [0.3, 0.4) is 0 Å². The van der Waals surface area contributed by atoms with Crippen LogP contribution in [0.5, 0.6) is 0 Å². The highest BCUT2D eigenvalue weighted by Crippen LogP contribution is 2.24. The molecule has 0 aliphatic rings. The number of amides is 1. The van der Waals surface area contributed by atoms with Gasteiger partial charge in [-0.3, -0.25) is 14.3 Å². The number of carbonyl (C=O) groups is 1. The maximum Gasteiger partial charge on any atom is 0.262 e. The fraction of sp³-hybridized carbons (Fsp3) is 0.0526. The number of benzene rings is 2. The van der Waals surface area contributed by atoms with Gasteiger partial charge >= 0.3 is 0 Å². The van der Waals surface area contributed by atoms with Gasteiger partial charge in [0.2, 0.25) is 5.56 Å². The van der Waals surface area contributed by atoms with E-state index in [0.717, 1.165) is 0 Å². The van der Waals surface area contributed by atoms with Crippen molar-refractivity contribution in [3.8, 4) is 0 Å². The van der Waals surface area contributed by atoms with Crippen molar-refractivity contribution < 1.29 is 13.2 Å². The average molecular weight is 418 g/mol. The van der Waals surface area contributed by atoms with E-state index in [1.165, 1.54) is 24.4 Å². The lowest BCUT2D eigenvalue weighted by molar-refractivity contribution is 0.102. The summed E-state index contributed by atoms with van der Waals surface area (Å²) in [6, 6.07) is 13.4. The Bertz CT molecular complexity index is 1170. The van der Waals surface area contributed by atoms with Gasteiger partial charge in [0, 0.05) is 28.7 Å². The number of pyridine rings is 1. The fourth-order valence-electron chi connectivity index (χ4n) is 2.45. The molecule has 0 atom stereocenters. The first-order valence-corrected chi connectivity index (χ1v) is 10.00. The molecule has 28 heavy (non-hydrogen) atoms. The molecule has 0 radical (unpaired) electrons. The summed E-state index contributed by atoms with van der Waals surface area (Å²) in [5, 5.41) is 3.11. The molecule has 3 N–H and O–H groups in total. The normalized spacial score (nSPS) is 11.1. The summed E-state index contributed by atoms with van der Waals surface area (Å²) in [5.74, 6) is -0.478. The third-order valence-corrected chi connectivity index (χ3v) is 5.65. The Balaban J connectivity index is 1.86. The molecule has 3 rings (SSSR count). The number of halogens is 1. The summed E-state index contributed by atoms with van der Waals surface area (Å²) in [4.78, 5) is 25.8. The summed E-state index contributed by atoms with van der Waals surface area (Å²) in [5.41, 5.74) is 1.10. The summed E-state index contributed by atoms with van der Waals surface area (Å²) in [7, 11) is -3.88. The molecule has 2 aromatic carbocycles. The van der Waals surface area contributed by atoms with Crippen LogP contribution in [-0.4, -0.2) is 19.3 Å². The third-order valence-electron chi connectivity index (χ3n) is 3.88. The lowest BCUT2D eigenvalue weighted by Gasteiger charge is -2.13. The van der Waals surface area contributed by atoms with E-state index in [-0.39, 0.29) is 16.0 Å². The minimum absolute atomic E-state index is 0.0294. The Morgan fingerprint density at radius 2 is 1.68 bits per heavy atom. The van der Waals surface area contributed by atoms with E-state index < -0.39 is 15.9 Å². The number of rotatable bonds is 5. The lowest BCUT2D eigenvalue weighted by Crippen LogP contribution is -2.17. The van der Waals surface area contributed by atoms with Crippen molar-refractivity contribution in [2.75, 3.05) is 10.0 Å². The largest absolute Gasteiger partial charge is 0.328 e. The van der Waals surface area contributed by atoms with Gasteiger partial charge in [-0.25, -0.2) is 8.42 Å². The van der Waals surface area contributed by atoms with Crippen LogP contribution in [0.15, 0.2) is 70.5 Å². The number of aromatic amines is 1. The fourth-order valence-corrected chi connectivity index (χ4v) is 3.91. The minimum atomic E-state index is -3.88. The van der Waals surface area contributed by atoms with Crippen LogP contribution < -0.4 is 15.6 Å². The number of hydrogen-bond donors (Lipinski definition) is 3. The van der Waals surface area contributed by atoms with Crippen LogP contribution in [-0.2, 0) is 10.0 Å². The first-order valence-electron chi connectivity index (χ1n) is 8.14. The molecule has 0 bridgehead atoms. The number of nitrogens with one attached hydrogen (secondary N) is 3. The van der Waals surface area contributed by atoms with Gasteiger partial charge in [0.25, 0.3) is 15.9 Å². The summed E-state index contributed by atoms with van der Waals surface area (Å²) >= 11 is 5.82. The third kappa shape index (κ3) is 4.59. The predicted octanol–water partition coefficient (Wildman–Crippen LogP) is 3.39. The molecule has 1 heterocycles. The lowest BCUT2D eigenvalue weighted by atomic mass is 10.2. The van der Waals surface area contributed by atoms with Gasteiger partial charge in [0.05, 0.1) is 10.5 Å². The number of carbonyl (C=O) groups excluding carboxylic acids is 1. The van der Waals surface area contributed by atoms with E-state index in [9.17, 15) is 18.0 Å². The molecular formula is C19H16ClN3O4S. The van der Waals surface area contributed by atoms with E-state index >= 15 is 0 Å². The maximum atomic E-state index is 12.8. The van der Waals surface area contributed by atoms with Gasteiger partial charge in [-0.2, -0.15) is 0 Å². The van der Waals surface area contributed by atoms with Crippen LogP contribution in [0.1, 0.15) is 15.9 Å². The van der Waals surface area contributed by atoms with Gasteiger partial charge in [-0.1, -0.05) is 17.7 Å². The monoisotopic (exact) mass is 417 g/mol. The molecule has 1 aromatic heterocycles. The van der Waals surface area contributed by atoms with E-state index in [1.54, 1.807) is 43.3 Å². The molecule has 3 aromatic rings. The minimum Gasteiger partial charge on any atom is -0.328 e. The van der Waals surface area contributed by atoms with Crippen LogP contribution in [0.25, 0.3) is 0 Å². The Kier molecular flexibility index (Phi) is 5.53. The number of aryl methyl sites for hydroxylation is 1. The van der Waals surface area contributed by atoms with E-state index in [0.29, 0.717) is 22.0 Å². The standard InChI is InChI=1S/C19H16ClN3O4S/c1-12-2-6-16(22-19(25)13-3-9-18(24)21-11-13)10-17(12)28(26,27)23-15-7-4-14(20)5-8-15/h2-11,23H,1H3,(H,21,24)(H,22,25). The topological polar surface area (TPSA) is 108 Å². The first-order chi connectivity index (χ1) is 13.2. The number of sulfonamides is 1. The zero-order valence-corrected chi connectivity index (χ0v) is 16.3. The van der Waals surface area contributed by atoms with Crippen LogP contribution in [0.4, 0.5) is 11.4 Å². The summed E-state index contributed by atoms with van der Waals surface area (Å²) in [6.45, 7) is 1.66. The van der Waals surface area contributed by atoms with Gasteiger partial charge < -0.3 is 10.3 Å². The number of hydrogen-bond acceptors (Lipinski definition) is 4.